The van der Waals surface area contributed by atoms with E-state index in [0.29, 0.717) is 35.4 Å². The van der Waals surface area contributed by atoms with Crippen LogP contribution in [0.3, 0.4) is 0 Å². The molecule has 0 fully saturated rings. The molecule has 2 aromatic carbocycles. The van der Waals surface area contributed by atoms with Crippen LogP contribution in [0.25, 0.3) is 11.1 Å². The summed E-state index contributed by atoms with van der Waals surface area (Å²) in [6.45, 7) is 12.0. The minimum Gasteiger partial charge on any atom is -0.359 e. The lowest BCUT2D eigenvalue weighted by atomic mass is 9.98. The van der Waals surface area contributed by atoms with Crippen LogP contribution in [0.4, 0.5) is 5.82 Å². The van der Waals surface area contributed by atoms with Gasteiger partial charge in [-0.25, -0.2) is 8.42 Å². The summed E-state index contributed by atoms with van der Waals surface area (Å²) < 4.78 is 34.3. The molecule has 1 atom stereocenters. The quantitative estimate of drug-likeness (QED) is 0.283. The second-order valence-corrected chi connectivity index (χ2v) is 11.9. The average molecular weight is 569 g/mol. The average Bonchev–Trinajstić information content (AvgIpc) is 3.23. The van der Waals surface area contributed by atoms with Gasteiger partial charge in [-0.1, -0.05) is 74.8 Å². The van der Waals surface area contributed by atoms with Crippen LogP contribution in [0, 0.1) is 19.8 Å². The Morgan fingerprint density at radius 3 is 2.27 bits per heavy atom. The zero-order chi connectivity index (χ0) is 29.4. The van der Waals surface area contributed by atoms with E-state index >= 15 is 0 Å². The molecule has 0 aliphatic carbocycles. The number of aryl methyl sites for hydroxylation is 1. The Morgan fingerprint density at radius 1 is 1.02 bits per heavy atom. The Labute approximate surface area is 237 Å². The van der Waals surface area contributed by atoms with Gasteiger partial charge in [-0.15, -0.1) is 0 Å². The van der Waals surface area contributed by atoms with E-state index in [4.69, 9.17) is 4.52 Å². The fourth-order valence-electron chi connectivity index (χ4n) is 4.52. The van der Waals surface area contributed by atoms with Gasteiger partial charge in [-0.3, -0.25) is 14.3 Å². The molecule has 1 heterocycles. The molecule has 40 heavy (non-hydrogen) atoms. The fourth-order valence-corrected chi connectivity index (χ4v) is 5.81. The maximum atomic E-state index is 13.3. The number of carbonyl (C=O) groups excluding carboxylic acids is 2. The van der Waals surface area contributed by atoms with Crippen molar-refractivity contribution >= 4 is 27.7 Å². The normalized spacial score (nSPS) is 12.3. The number of rotatable bonds is 13. The number of benzene rings is 2. The van der Waals surface area contributed by atoms with E-state index in [0.717, 1.165) is 18.4 Å². The summed E-state index contributed by atoms with van der Waals surface area (Å²) in [5.41, 5.74) is 2.69. The smallest absolute Gasteiger partial charge is 0.263 e. The van der Waals surface area contributed by atoms with Crippen molar-refractivity contribution in [3.8, 4) is 11.1 Å². The molecule has 9 nitrogen and oxygen atoms in total. The lowest BCUT2D eigenvalue weighted by Crippen LogP contribution is -2.51. The number of carbonyl (C=O) groups is 2. The van der Waals surface area contributed by atoms with Crippen molar-refractivity contribution in [3.63, 3.8) is 0 Å². The summed E-state index contributed by atoms with van der Waals surface area (Å²) in [6.07, 6.45) is 2.01. The molecule has 0 bridgehead atoms. The van der Waals surface area contributed by atoms with Crippen LogP contribution in [0.2, 0.25) is 0 Å². The molecule has 1 unspecified atom stereocenters. The molecule has 0 aliphatic heterocycles. The van der Waals surface area contributed by atoms with Crippen molar-refractivity contribution in [1.29, 1.82) is 0 Å². The van der Waals surface area contributed by atoms with E-state index in [2.05, 4.69) is 15.2 Å². The molecule has 0 aliphatic rings. The van der Waals surface area contributed by atoms with E-state index in [1.807, 2.05) is 52.0 Å². The Morgan fingerprint density at radius 2 is 1.70 bits per heavy atom. The maximum Gasteiger partial charge on any atom is 0.263 e. The standard InChI is InChI=1S/C30H40N4O5S/c1-7-9-14-27(35)34(28(20(3)4)30(36)31-8-2)19-23-15-17-24(18-16-23)25-12-10-11-13-26(25)40(37,38)33-29-21(5)22(6)39-32-29/h10-13,15-18,20,28H,7-9,14,19H2,1-6H3,(H,31,36)(H,32,33). The highest BCUT2D eigenvalue weighted by Crippen LogP contribution is 2.30. The summed E-state index contributed by atoms with van der Waals surface area (Å²) in [5.74, 6) is 0.399. The van der Waals surface area contributed by atoms with Gasteiger partial charge in [-0.05, 0) is 50.3 Å². The minimum atomic E-state index is -3.96. The summed E-state index contributed by atoms with van der Waals surface area (Å²) in [7, 11) is -3.96. The molecular formula is C30H40N4O5S. The highest BCUT2D eigenvalue weighted by atomic mass is 32.2. The lowest BCUT2D eigenvalue weighted by Gasteiger charge is -2.33. The first-order chi connectivity index (χ1) is 19.0. The van der Waals surface area contributed by atoms with Crippen LogP contribution in [0.1, 0.15) is 63.8 Å². The SMILES string of the molecule is CCCCC(=O)N(Cc1ccc(-c2ccccc2S(=O)(=O)Nc2noc(C)c2C)cc1)C(C(=O)NCC)C(C)C. The largest absolute Gasteiger partial charge is 0.359 e. The molecule has 0 spiro atoms. The highest BCUT2D eigenvalue weighted by Gasteiger charge is 2.32. The maximum absolute atomic E-state index is 13.3. The van der Waals surface area contributed by atoms with E-state index in [1.165, 1.54) is 0 Å². The van der Waals surface area contributed by atoms with Gasteiger partial charge in [0.1, 0.15) is 11.8 Å². The molecule has 0 saturated heterocycles. The predicted molar refractivity (Wildman–Crippen MR) is 156 cm³/mol. The second-order valence-electron chi connectivity index (χ2n) is 10.2. The monoisotopic (exact) mass is 568 g/mol. The summed E-state index contributed by atoms with van der Waals surface area (Å²) >= 11 is 0. The molecule has 2 N–H and O–H groups in total. The number of hydrogen-bond acceptors (Lipinski definition) is 6. The predicted octanol–water partition coefficient (Wildman–Crippen LogP) is 5.44. The van der Waals surface area contributed by atoms with Crippen molar-refractivity contribution in [2.45, 2.75) is 78.3 Å². The number of aromatic nitrogens is 1. The van der Waals surface area contributed by atoms with Gasteiger partial charge in [-0.2, -0.15) is 0 Å². The fraction of sp³-hybridized carbons (Fsp3) is 0.433. The Bertz CT molecular complexity index is 1410. The van der Waals surface area contributed by atoms with E-state index in [-0.39, 0.29) is 35.0 Å². The first-order valence-corrected chi connectivity index (χ1v) is 15.2. The highest BCUT2D eigenvalue weighted by molar-refractivity contribution is 7.92. The van der Waals surface area contributed by atoms with Crippen LogP contribution >= 0.6 is 0 Å². The molecule has 10 heteroatoms. The van der Waals surface area contributed by atoms with Crippen LogP contribution in [0.15, 0.2) is 57.9 Å². The number of anilines is 1. The molecule has 1 aromatic heterocycles. The van der Waals surface area contributed by atoms with Gasteiger partial charge >= 0.3 is 0 Å². The first-order valence-electron chi connectivity index (χ1n) is 13.7. The number of likely N-dealkylation sites (N-methyl/N-ethyl adjacent to an activating group) is 1. The first kappa shape index (κ1) is 30.9. The number of sulfonamides is 1. The zero-order valence-electron chi connectivity index (χ0n) is 24.2. The van der Waals surface area contributed by atoms with Gasteiger partial charge in [0.25, 0.3) is 10.0 Å². The van der Waals surface area contributed by atoms with Gasteiger partial charge in [0.2, 0.25) is 11.8 Å². The number of nitrogens with zero attached hydrogens (tertiary/aromatic N) is 2. The molecule has 2 amide bonds. The molecule has 216 valence electrons. The van der Waals surface area contributed by atoms with E-state index < -0.39 is 16.1 Å². The third kappa shape index (κ3) is 7.29. The van der Waals surface area contributed by atoms with Crippen LogP contribution in [-0.2, 0) is 26.2 Å². The third-order valence-corrected chi connectivity index (χ3v) is 8.23. The zero-order valence-corrected chi connectivity index (χ0v) is 25.0. The van der Waals surface area contributed by atoms with E-state index in [9.17, 15) is 18.0 Å². The molecule has 3 rings (SSSR count). The van der Waals surface area contributed by atoms with Crippen molar-refractivity contribution < 1.29 is 22.5 Å². The second kappa shape index (κ2) is 13.6. The molecular weight excluding hydrogens is 528 g/mol. The molecule has 3 aromatic rings. The summed E-state index contributed by atoms with van der Waals surface area (Å²) in [4.78, 5) is 28.0. The van der Waals surface area contributed by atoms with Crippen LogP contribution in [-0.4, -0.2) is 42.9 Å². The van der Waals surface area contributed by atoms with Crippen molar-refractivity contribution in [2.24, 2.45) is 5.92 Å². The van der Waals surface area contributed by atoms with Crippen LogP contribution in [0.5, 0.6) is 0 Å². The Hall–Kier alpha value is -3.66. The van der Waals surface area contributed by atoms with Gasteiger partial charge in [0.15, 0.2) is 5.82 Å². The lowest BCUT2D eigenvalue weighted by molar-refractivity contribution is -0.143. The van der Waals surface area contributed by atoms with Crippen molar-refractivity contribution in [2.75, 3.05) is 11.3 Å². The van der Waals surface area contributed by atoms with Crippen molar-refractivity contribution in [3.05, 3.63) is 65.4 Å². The van der Waals surface area contributed by atoms with Gasteiger partial charge < -0.3 is 14.7 Å². The molecule has 0 radical (unpaired) electrons. The number of amides is 2. The van der Waals surface area contributed by atoms with Gasteiger partial charge in [0.05, 0.1) is 4.90 Å². The van der Waals surface area contributed by atoms with Crippen molar-refractivity contribution in [1.82, 2.24) is 15.4 Å². The third-order valence-electron chi connectivity index (χ3n) is 6.83. The summed E-state index contributed by atoms with van der Waals surface area (Å²) in [5, 5.41) is 6.70. The number of hydrogen-bond donors (Lipinski definition) is 2. The Kier molecular flexibility index (Phi) is 10.5. The van der Waals surface area contributed by atoms with Crippen LogP contribution < -0.4 is 10.0 Å². The number of nitrogens with one attached hydrogen (secondary N) is 2. The minimum absolute atomic E-state index is 0.0585. The molecule has 0 saturated carbocycles. The summed E-state index contributed by atoms with van der Waals surface area (Å²) in [6, 6.07) is 13.5. The Balaban J connectivity index is 1.91. The topological polar surface area (TPSA) is 122 Å². The number of unbranched alkanes of at least 4 members (excludes halogenated alkanes) is 1. The van der Waals surface area contributed by atoms with Gasteiger partial charge in [0, 0.05) is 30.6 Å². The van der Waals surface area contributed by atoms with E-state index in [1.54, 1.807) is 43.0 Å².